The van der Waals surface area contributed by atoms with Gasteiger partial charge in [-0.05, 0) is 36.4 Å². The first kappa shape index (κ1) is 16.8. The van der Waals surface area contributed by atoms with Crippen molar-refractivity contribution in [3.63, 3.8) is 0 Å². The Labute approximate surface area is 137 Å². The lowest BCUT2D eigenvalue weighted by molar-refractivity contribution is -0.384. The van der Waals surface area contributed by atoms with E-state index in [0.29, 0.717) is 17.0 Å². The van der Waals surface area contributed by atoms with Gasteiger partial charge in [-0.3, -0.25) is 14.9 Å². The monoisotopic (exact) mass is 326 g/mol. The lowest BCUT2D eigenvalue weighted by atomic mass is 10.2. The number of anilines is 2. The van der Waals surface area contributed by atoms with Crippen LogP contribution in [0.2, 0.25) is 0 Å². The molecule has 2 aromatic carbocycles. The third-order valence-corrected chi connectivity index (χ3v) is 3.14. The van der Waals surface area contributed by atoms with E-state index >= 15 is 0 Å². The van der Waals surface area contributed by atoms with E-state index in [9.17, 15) is 14.9 Å². The van der Waals surface area contributed by atoms with Gasteiger partial charge in [0.05, 0.1) is 36.3 Å². The first-order valence-electron chi connectivity index (χ1n) is 6.90. The number of hydrogen-bond donors (Lipinski definition) is 2. The average Bonchev–Trinajstić information content (AvgIpc) is 2.60. The number of carbonyl (C=O) groups is 1. The van der Waals surface area contributed by atoms with Crippen molar-refractivity contribution in [2.75, 3.05) is 24.3 Å². The Bertz CT molecular complexity index is 797. The summed E-state index contributed by atoms with van der Waals surface area (Å²) in [6.07, 6.45) is 0. The molecule has 2 rings (SSSR count). The lowest BCUT2D eigenvalue weighted by Crippen LogP contribution is -2.22. The van der Waals surface area contributed by atoms with Crippen LogP contribution in [0, 0.1) is 21.4 Å². The van der Waals surface area contributed by atoms with Gasteiger partial charge in [0.25, 0.3) is 5.69 Å². The van der Waals surface area contributed by atoms with E-state index in [0.717, 1.165) is 0 Å². The summed E-state index contributed by atoms with van der Waals surface area (Å²) in [5.41, 5.74) is 1.01. The molecule has 0 saturated heterocycles. The van der Waals surface area contributed by atoms with Crippen molar-refractivity contribution >= 4 is 23.0 Å². The van der Waals surface area contributed by atoms with Gasteiger partial charge in [0, 0.05) is 5.69 Å². The maximum absolute atomic E-state index is 12.0. The molecule has 122 valence electrons. The number of amides is 1. The first-order valence-corrected chi connectivity index (χ1v) is 6.90. The molecule has 0 bridgehead atoms. The van der Waals surface area contributed by atoms with Gasteiger partial charge >= 0.3 is 0 Å². The van der Waals surface area contributed by atoms with Crippen molar-refractivity contribution in [2.24, 2.45) is 0 Å². The van der Waals surface area contributed by atoms with Crippen molar-refractivity contribution in [1.29, 1.82) is 5.26 Å². The number of nitro benzene ring substituents is 1. The van der Waals surface area contributed by atoms with Gasteiger partial charge in [0.1, 0.15) is 11.4 Å². The summed E-state index contributed by atoms with van der Waals surface area (Å²) in [6, 6.07) is 12.8. The number of ether oxygens (including phenoxy) is 1. The van der Waals surface area contributed by atoms with Crippen LogP contribution >= 0.6 is 0 Å². The van der Waals surface area contributed by atoms with E-state index in [1.165, 1.54) is 25.3 Å². The summed E-state index contributed by atoms with van der Waals surface area (Å²) in [5, 5.41) is 25.1. The normalized spacial score (nSPS) is 9.67. The number of hydrogen-bond acceptors (Lipinski definition) is 6. The molecule has 0 saturated carbocycles. The van der Waals surface area contributed by atoms with Crippen molar-refractivity contribution in [1.82, 2.24) is 0 Å². The summed E-state index contributed by atoms with van der Waals surface area (Å²) < 4.78 is 4.94. The van der Waals surface area contributed by atoms with Gasteiger partial charge in [-0.15, -0.1) is 0 Å². The minimum Gasteiger partial charge on any atom is -0.496 e. The molecule has 24 heavy (non-hydrogen) atoms. The smallest absolute Gasteiger partial charge is 0.296 e. The Kier molecular flexibility index (Phi) is 5.31. The molecule has 0 aliphatic rings. The Hall–Kier alpha value is -3.60. The molecule has 0 heterocycles. The molecule has 0 aliphatic heterocycles. The largest absolute Gasteiger partial charge is 0.496 e. The zero-order chi connectivity index (χ0) is 17.5. The Morgan fingerprint density at radius 3 is 2.58 bits per heavy atom. The Morgan fingerprint density at radius 1 is 1.29 bits per heavy atom. The molecular weight excluding hydrogens is 312 g/mol. The molecule has 0 fully saturated rings. The molecule has 0 aromatic heterocycles. The van der Waals surface area contributed by atoms with Crippen LogP contribution in [0.3, 0.4) is 0 Å². The summed E-state index contributed by atoms with van der Waals surface area (Å²) >= 11 is 0. The van der Waals surface area contributed by atoms with Gasteiger partial charge in [-0.1, -0.05) is 0 Å². The fourth-order valence-electron chi connectivity index (χ4n) is 1.93. The van der Waals surface area contributed by atoms with Gasteiger partial charge in [0.15, 0.2) is 0 Å². The van der Waals surface area contributed by atoms with E-state index in [1.807, 2.05) is 6.07 Å². The zero-order valence-electron chi connectivity index (χ0n) is 12.8. The second kappa shape index (κ2) is 7.60. The van der Waals surface area contributed by atoms with Crippen LogP contribution < -0.4 is 15.4 Å². The van der Waals surface area contributed by atoms with Gasteiger partial charge in [-0.2, -0.15) is 5.26 Å². The third-order valence-electron chi connectivity index (χ3n) is 3.14. The minimum absolute atomic E-state index is 0.0743. The van der Waals surface area contributed by atoms with Crippen LogP contribution in [0.5, 0.6) is 5.75 Å². The second-order valence-electron chi connectivity index (χ2n) is 4.73. The van der Waals surface area contributed by atoms with E-state index < -0.39 is 10.8 Å². The highest BCUT2D eigenvalue weighted by atomic mass is 16.6. The van der Waals surface area contributed by atoms with E-state index in [4.69, 9.17) is 10.00 Å². The van der Waals surface area contributed by atoms with Crippen molar-refractivity contribution < 1.29 is 14.5 Å². The molecule has 0 spiro atoms. The molecule has 0 radical (unpaired) electrons. The highest BCUT2D eigenvalue weighted by molar-refractivity contribution is 5.95. The molecule has 0 unspecified atom stereocenters. The Balaban J connectivity index is 2.01. The molecule has 2 N–H and O–H groups in total. The summed E-state index contributed by atoms with van der Waals surface area (Å²) in [6.45, 7) is -0.0743. The molecule has 8 heteroatoms. The number of nitrogens with one attached hydrogen (secondary N) is 2. The maximum Gasteiger partial charge on any atom is 0.296 e. The predicted octanol–water partition coefficient (Wildman–Crippen LogP) is 2.53. The quantitative estimate of drug-likeness (QED) is 0.622. The number of nitro groups is 1. The number of carbonyl (C=O) groups excluding carboxylic acids is 1. The summed E-state index contributed by atoms with van der Waals surface area (Å²) in [5.74, 6) is -0.108. The van der Waals surface area contributed by atoms with Crippen LogP contribution in [0.25, 0.3) is 0 Å². The fourth-order valence-corrected chi connectivity index (χ4v) is 1.93. The van der Waals surface area contributed by atoms with Crippen LogP contribution in [0.1, 0.15) is 5.56 Å². The standard InChI is InChI=1S/C16H14N4O4/c1-24-13-6-7-14(15(8-13)20(22)23)19-16(21)10-18-12-4-2-11(9-17)3-5-12/h2-8,18H,10H2,1H3,(H,19,21). The highest BCUT2D eigenvalue weighted by Gasteiger charge is 2.17. The zero-order valence-corrected chi connectivity index (χ0v) is 12.8. The molecule has 8 nitrogen and oxygen atoms in total. The van der Waals surface area contributed by atoms with E-state index in [1.54, 1.807) is 24.3 Å². The number of methoxy groups -OCH3 is 1. The summed E-state index contributed by atoms with van der Waals surface area (Å²) in [4.78, 5) is 22.4. The lowest BCUT2D eigenvalue weighted by Gasteiger charge is -2.09. The van der Waals surface area contributed by atoms with Gasteiger partial charge < -0.3 is 15.4 Å². The maximum atomic E-state index is 12.0. The fraction of sp³-hybridized carbons (Fsp3) is 0.125. The van der Waals surface area contributed by atoms with Crippen molar-refractivity contribution in [3.8, 4) is 11.8 Å². The highest BCUT2D eigenvalue weighted by Crippen LogP contribution is 2.28. The van der Waals surface area contributed by atoms with Crippen LogP contribution in [0.15, 0.2) is 42.5 Å². The van der Waals surface area contributed by atoms with Crippen molar-refractivity contribution in [2.45, 2.75) is 0 Å². The number of benzene rings is 2. The van der Waals surface area contributed by atoms with Crippen molar-refractivity contribution in [3.05, 3.63) is 58.1 Å². The molecular formula is C16H14N4O4. The van der Waals surface area contributed by atoms with Gasteiger partial charge in [0.2, 0.25) is 5.91 Å². The molecule has 0 aliphatic carbocycles. The third kappa shape index (κ3) is 4.20. The van der Waals surface area contributed by atoms with Gasteiger partial charge in [-0.25, -0.2) is 0 Å². The number of nitriles is 1. The molecule has 2 aromatic rings. The molecule has 1 amide bonds. The molecule has 0 atom stereocenters. The predicted molar refractivity (Wildman–Crippen MR) is 87.9 cm³/mol. The van der Waals surface area contributed by atoms with Crippen LogP contribution in [-0.4, -0.2) is 24.5 Å². The Morgan fingerprint density at radius 2 is 2.00 bits per heavy atom. The van der Waals surface area contributed by atoms with Crippen LogP contribution in [-0.2, 0) is 4.79 Å². The topological polar surface area (TPSA) is 117 Å². The second-order valence-corrected chi connectivity index (χ2v) is 4.73. The first-order chi connectivity index (χ1) is 11.5. The van der Waals surface area contributed by atoms with Crippen LogP contribution in [0.4, 0.5) is 17.1 Å². The SMILES string of the molecule is COc1ccc(NC(=O)CNc2ccc(C#N)cc2)c([N+](=O)[O-])c1. The van der Waals surface area contributed by atoms with E-state index in [-0.39, 0.29) is 17.9 Å². The summed E-state index contributed by atoms with van der Waals surface area (Å²) in [7, 11) is 1.40. The number of nitrogens with zero attached hydrogens (tertiary/aromatic N) is 2. The van der Waals surface area contributed by atoms with E-state index in [2.05, 4.69) is 10.6 Å². The number of rotatable bonds is 6. The minimum atomic E-state index is -0.591. The average molecular weight is 326 g/mol.